The van der Waals surface area contributed by atoms with Gasteiger partial charge >= 0.3 is 0 Å². The van der Waals surface area contributed by atoms with Crippen LogP contribution in [0.15, 0.2) is 47.8 Å². The normalized spacial score (nSPS) is 16.4. The van der Waals surface area contributed by atoms with Crippen molar-refractivity contribution in [1.82, 2.24) is 9.88 Å². The van der Waals surface area contributed by atoms with E-state index in [1.54, 1.807) is 0 Å². The van der Waals surface area contributed by atoms with Crippen LogP contribution in [-0.2, 0) is 13.0 Å². The molecule has 0 bridgehead atoms. The molecule has 0 unspecified atom stereocenters. The van der Waals surface area contributed by atoms with E-state index in [2.05, 4.69) is 44.4 Å². The van der Waals surface area contributed by atoms with E-state index in [-0.39, 0.29) is 6.54 Å². The fourth-order valence-electron chi connectivity index (χ4n) is 4.71. The van der Waals surface area contributed by atoms with Crippen LogP contribution < -0.4 is 14.4 Å². The van der Waals surface area contributed by atoms with E-state index < -0.39 is 0 Å². The molecule has 0 amide bonds. The minimum atomic E-state index is 0.235. The van der Waals surface area contributed by atoms with E-state index in [4.69, 9.17) is 9.47 Å². The number of benzene rings is 2. The third-order valence-electron chi connectivity index (χ3n) is 6.51. The number of rotatable bonds is 8. The van der Waals surface area contributed by atoms with Gasteiger partial charge in [-0.15, -0.1) is 0 Å². The number of aryl methyl sites for hydroxylation is 1. The van der Waals surface area contributed by atoms with Gasteiger partial charge in [-0.3, -0.25) is 4.90 Å². The standard InChI is InChI=1S/C25H30N4O3/c30-27-17-19-4-6-23-22(15-19)20(18-26-23)3-1-2-8-28-9-11-29(12-10-28)21-5-7-24-25(16-21)32-14-13-31-24/h4-7,15-16,18,26H,1-3,8-14,17H2. The summed E-state index contributed by atoms with van der Waals surface area (Å²) in [6.07, 6.45) is 5.50. The lowest BCUT2D eigenvalue weighted by Crippen LogP contribution is -2.46. The lowest BCUT2D eigenvalue weighted by atomic mass is 10.0. The summed E-state index contributed by atoms with van der Waals surface area (Å²) in [6, 6.07) is 12.4. The number of hydrogen-bond acceptors (Lipinski definition) is 6. The Morgan fingerprint density at radius 2 is 1.78 bits per heavy atom. The van der Waals surface area contributed by atoms with Gasteiger partial charge in [0.15, 0.2) is 11.5 Å². The summed E-state index contributed by atoms with van der Waals surface area (Å²) in [5.41, 5.74) is 4.66. The number of anilines is 1. The fourth-order valence-corrected chi connectivity index (χ4v) is 4.71. The SMILES string of the molecule is O=NCc1ccc2[nH]cc(CCCCN3CCN(c4ccc5c(c4)OCCO5)CC3)c2c1. The van der Waals surface area contributed by atoms with Gasteiger partial charge in [0.1, 0.15) is 19.8 Å². The molecule has 0 atom stereocenters. The molecule has 32 heavy (non-hydrogen) atoms. The molecule has 0 spiro atoms. The molecule has 168 valence electrons. The van der Waals surface area contributed by atoms with Crippen LogP contribution in [0.25, 0.3) is 10.9 Å². The summed E-state index contributed by atoms with van der Waals surface area (Å²) in [5.74, 6) is 1.72. The summed E-state index contributed by atoms with van der Waals surface area (Å²) in [6.45, 7) is 6.87. The lowest BCUT2D eigenvalue weighted by molar-refractivity contribution is 0.171. The van der Waals surface area contributed by atoms with Crippen molar-refractivity contribution >= 4 is 16.6 Å². The lowest BCUT2D eigenvalue weighted by Gasteiger charge is -2.36. The van der Waals surface area contributed by atoms with Gasteiger partial charge in [0.05, 0.1) is 0 Å². The molecule has 0 radical (unpaired) electrons. The summed E-state index contributed by atoms with van der Waals surface area (Å²) >= 11 is 0. The van der Waals surface area contributed by atoms with Crippen LogP contribution in [0.2, 0.25) is 0 Å². The molecule has 0 aliphatic carbocycles. The first-order chi connectivity index (χ1) is 15.8. The minimum absolute atomic E-state index is 0.235. The average molecular weight is 435 g/mol. The summed E-state index contributed by atoms with van der Waals surface area (Å²) < 4.78 is 11.4. The highest BCUT2D eigenvalue weighted by atomic mass is 16.6. The molecule has 5 rings (SSSR count). The smallest absolute Gasteiger partial charge is 0.163 e. The molecule has 1 N–H and O–H groups in total. The van der Waals surface area contributed by atoms with Crippen molar-refractivity contribution in [3.05, 3.63) is 58.6 Å². The van der Waals surface area contributed by atoms with Gasteiger partial charge in [0, 0.05) is 55.0 Å². The zero-order valence-electron chi connectivity index (χ0n) is 18.4. The van der Waals surface area contributed by atoms with Crippen molar-refractivity contribution in [3.63, 3.8) is 0 Å². The predicted molar refractivity (Wildman–Crippen MR) is 127 cm³/mol. The molecule has 2 aliphatic rings. The highest BCUT2D eigenvalue weighted by Crippen LogP contribution is 2.34. The second kappa shape index (κ2) is 9.61. The highest BCUT2D eigenvalue weighted by molar-refractivity contribution is 5.83. The zero-order valence-corrected chi connectivity index (χ0v) is 18.4. The van der Waals surface area contributed by atoms with E-state index >= 15 is 0 Å². The van der Waals surface area contributed by atoms with Gasteiger partial charge in [-0.2, -0.15) is 4.91 Å². The Bertz CT molecular complexity index is 1070. The number of ether oxygens (including phenoxy) is 2. The molecule has 1 fully saturated rings. The van der Waals surface area contributed by atoms with Crippen LogP contribution in [0, 0.1) is 4.91 Å². The summed E-state index contributed by atoms with van der Waals surface area (Å²) in [5, 5.41) is 4.24. The molecule has 7 heteroatoms. The van der Waals surface area contributed by atoms with Gasteiger partial charge < -0.3 is 19.4 Å². The van der Waals surface area contributed by atoms with E-state index in [9.17, 15) is 4.91 Å². The van der Waals surface area contributed by atoms with Crippen molar-refractivity contribution in [2.45, 2.75) is 25.8 Å². The number of unbranched alkanes of at least 4 members (excludes halogenated alkanes) is 1. The fraction of sp³-hybridized carbons (Fsp3) is 0.440. The third-order valence-corrected chi connectivity index (χ3v) is 6.51. The van der Waals surface area contributed by atoms with Gasteiger partial charge in [-0.05, 0) is 61.2 Å². The number of nitroso groups, excluding NO2 is 1. The second-order valence-corrected chi connectivity index (χ2v) is 8.59. The van der Waals surface area contributed by atoms with E-state index in [1.807, 2.05) is 18.2 Å². The first-order valence-electron chi connectivity index (χ1n) is 11.5. The van der Waals surface area contributed by atoms with Crippen LogP contribution in [0.1, 0.15) is 24.0 Å². The van der Waals surface area contributed by atoms with Gasteiger partial charge in [0.2, 0.25) is 0 Å². The molecule has 0 saturated carbocycles. The number of fused-ring (bicyclic) bond motifs is 2. The van der Waals surface area contributed by atoms with E-state index in [0.717, 1.165) is 68.1 Å². The monoisotopic (exact) mass is 434 g/mol. The molecule has 3 heterocycles. The Hall–Kier alpha value is -3.06. The molecule has 1 aromatic heterocycles. The van der Waals surface area contributed by atoms with Crippen molar-refractivity contribution < 1.29 is 9.47 Å². The number of H-pyrrole nitrogens is 1. The number of nitrogens with one attached hydrogen (secondary N) is 1. The maximum atomic E-state index is 10.6. The van der Waals surface area contributed by atoms with Crippen LogP contribution >= 0.6 is 0 Å². The molecule has 2 aliphatic heterocycles. The number of aromatic amines is 1. The van der Waals surface area contributed by atoms with Crippen molar-refractivity contribution in [2.75, 3.05) is 50.8 Å². The van der Waals surface area contributed by atoms with Gasteiger partial charge in [-0.25, -0.2) is 0 Å². The number of nitrogens with zero attached hydrogens (tertiary/aromatic N) is 3. The van der Waals surface area contributed by atoms with Gasteiger partial charge in [-0.1, -0.05) is 11.2 Å². The molecule has 2 aromatic carbocycles. The van der Waals surface area contributed by atoms with Crippen molar-refractivity contribution in [1.29, 1.82) is 0 Å². The number of hydrogen-bond donors (Lipinski definition) is 1. The Morgan fingerprint density at radius 3 is 2.62 bits per heavy atom. The highest BCUT2D eigenvalue weighted by Gasteiger charge is 2.19. The average Bonchev–Trinajstić information content (AvgIpc) is 3.24. The third kappa shape index (κ3) is 4.58. The Balaban J connectivity index is 1.08. The first-order valence-corrected chi connectivity index (χ1v) is 11.5. The van der Waals surface area contributed by atoms with Gasteiger partial charge in [0.25, 0.3) is 0 Å². The number of piperazine rings is 1. The topological polar surface area (TPSA) is 70.2 Å². The van der Waals surface area contributed by atoms with Crippen LogP contribution in [0.4, 0.5) is 5.69 Å². The molecule has 1 saturated heterocycles. The molecule has 3 aromatic rings. The maximum Gasteiger partial charge on any atom is 0.163 e. The van der Waals surface area contributed by atoms with Crippen molar-refractivity contribution in [2.24, 2.45) is 5.18 Å². The summed E-state index contributed by atoms with van der Waals surface area (Å²) in [4.78, 5) is 18.9. The van der Waals surface area contributed by atoms with Crippen LogP contribution in [-0.4, -0.2) is 55.8 Å². The Kier molecular flexibility index (Phi) is 6.25. The Morgan fingerprint density at radius 1 is 0.938 bits per heavy atom. The van der Waals surface area contributed by atoms with E-state index in [0.29, 0.717) is 13.2 Å². The van der Waals surface area contributed by atoms with Crippen molar-refractivity contribution in [3.8, 4) is 11.5 Å². The molecular formula is C25H30N4O3. The zero-order chi connectivity index (χ0) is 21.8. The quantitative estimate of drug-likeness (QED) is 0.422. The largest absolute Gasteiger partial charge is 0.486 e. The summed E-state index contributed by atoms with van der Waals surface area (Å²) in [7, 11) is 0. The maximum absolute atomic E-state index is 10.6. The Labute approximate surface area is 188 Å². The minimum Gasteiger partial charge on any atom is -0.486 e. The van der Waals surface area contributed by atoms with Crippen LogP contribution in [0.5, 0.6) is 11.5 Å². The predicted octanol–water partition coefficient (Wildman–Crippen LogP) is 4.35. The number of aromatic nitrogens is 1. The molecular weight excluding hydrogens is 404 g/mol. The molecule has 7 nitrogen and oxygen atoms in total. The second-order valence-electron chi connectivity index (χ2n) is 8.59. The van der Waals surface area contributed by atoms with E-state index in [1.165, 1.54) is 23.1 Å². The first kappa shape index (κ1) is 20.8. The van der Waals surface area contributed by atoms with Crippen LogP contribution in [0.3, 0.4) is 0 Å².